The Hall–Kier alpha value is -2.63. The molecule has 0 radical (unpaired) electrons. The fraction of sp³-hybridized carbons (Fsp3) is 0.154. The number of nitro groups is 1. The number of para-hydroxylation sites is 1. The molecule has 6 nitrogen and oxygen atoms in total. The van der Waals surface area contributed by atoms with Crippen LogP contribution in [0, 0.1) is 24.0 Å². The van der Waals surface area contributed by atoms with Gasteiger partial charge in [0.25, 0.3) is 0 Å². The molecule has 0 saturated carbocycles. The van der Waals surface area contributed by atoms with Crippen LogP contribution in [0.5, 0.6) is 11.6 Å². The van der Waals surface area contributed by atoms with Crippen molar-refractivity contribution in [2.45, 2.75) is 13.8 Å². The van der Waals surface area contributed by atoms with Crippen molar-refractivity contribution in [3.8, 4) is 11.6 Å². The number of nitro benzene ring substituents is 1. The van der Waals surface area contributed by atoms with E-state index in [-0.39, 0.29) is 11.4 Å². The highest BCUT2D eigenvalue weighted by molar-refractivity contribution is 5.54. The number of aryl methyl sites for hydroxylation is 2. The Balaban J connectivity index is 2.44. The van der Waals surface area contributed by atoms with Crippen LogP contribution in [-0.2, 0) is 0 Å². The third kappa shape index (κ3) is 2.62. The maximum Gasteiger partial charge on any atom is 0.314 e. The average Bonchev–Trinajstić information content (AvgIpc) is 2.32. The minimum absolute atomic E-state index is 0.0551. The highest BCUT2D eigenvalue weighted by Gasteiger charge is 2.19. The summed E-state index contributed by atoms with van der Waals surface area (Å²) in [6.45, 7) is 3.44. The zero-order valence-corrected chi connectivity index (χ0v) is 10.6. The van der Waals surface area contributed by atoms with Crippen LogP contribution in [0.25, 0.3) is 0 Å². The van der Waals surface area contributed by atoms with Crippen LogP contribution >= 0.6 is 0 Å². The van der Waals surface area contributed by atoms with Crippen molar-refractivity contribution in [3.05, 3.63) is 51.7 Å². The predicted molar refractivity (Wildman–Crippen MR) is 71.3 cm³/mol. The Kier molecular flexibility index (Phi) is 3.33. The predicted octanol–water partition coefficient (Wildman–Crippen LogP) is 2.98. The van der Waals surface area contributed by atoms with Crippen LogP contribution in [0.4, 0.5) is 11.4 Å². The third-order valence-electron chi connectivity index (χ3n) is 2.64. The van der Waals surface area contributed by atoms with E-state index in [4.69, 9.17) is 10.5 Å². The van der Waals surface area contributed by atoms with Crippen LogP contribution in [0.3, 0.4) is 0 Å². The number of anilines is 1. The van der Waals surface area contributed by atoms with Gasteiger partial charge < -0.3 is 10.5 Å². The van der Waals surface area contributed by atoms with Gasteiger partial charge in [-0.05, 0) is 26.0 Å². The molecule has 0 unspecified atom stereocenters. The number of hydrogen-bond donors (Lipinski definition) is 1. The number of hydrogen-bond acceptors (Lipinski definition) is 5. The average molecular weight is 259 g/mol. The number of ether oxygens (including phenoxy) is 1. The lowest BCUT2D eigenvalue weighted by Crippen LogP contribution is -1.98. The normalized spacial score (nSPS) is 10.2. The summed E-state index contributed by atoms with van der Waals surface area (Å²) in [5, 5.41) is 11.1. The summed E-state index contributed by atoms with van der Waals surface area (Å²) in [5.74, 6) is 0.480. The van der Waals surface area contributed by atoms with Crippen molar-refractivity contribution in [2.24, 2.45) is 0 Å². The second-order valence-electron chi connectivity index (χ2n) is 4.17. The first-order valence-electron chi connectivity index (χ1n) is 5.63. The number of nitrogens with two attached hydrogens (primary N) is 1. The molecule has 0 bridgehead atoms. The molecule has 0 fully saturated rings. The summed E-state index contributed by atoms with van der Waals surface area (Å²) < 4.78 is 5.53. The Labute approximate surface area is 110 Å². The molecule has 1 aromatic carbocycles. The molecule has 19 heavy (non-hydrogen) atoms. The quantitative estimate of drug-likeness (QED) is 0.675. The Bertz CT molecular complexity index is 641. The van der Waals surface area contributed by atoms with Crippen molar-refractivity contribution in [1.29, 1.82) is 0 Å². The van der Waals surface area contributed by atoms with E-state index < -0.39 is 4.92 Å². The van der Waals surface area contributed by atoms with Gasteiger partial charge in [-0.15, -0.1) is 0 Å². The highest BCUT2D eigenvalue weighted by atomic mass is 16.6. The van der Waals surface area contributed by atoms with E-state index in [0.29, 0.717) is 17.1 Å². The zero-order valence-electron chi connectivity index (χ0n) is 10.6. The molecule has 0 saturated heterocycles. The molecule has 2 N–H and O–H groups in total. The van der Waals surface area contributed by atoms with Gasteiger partial charge in [-0.2, -0.15) is 0 Å². The fourth-order valence-corrected chi connectivity index (χ4v) is 1.74. The number of pyridine rings is 1. The van der Waals surface area contributed by atoms with Crippen molar-refractivity contribution in [1.82, 2.24) is 4.98 Å². The van der Waals surface area contributed by atoms with Gasteiger partial charge in [-0.1, -0.05) is 12.1 Å². The monoisotopic (exact) mass is 259 g/mol. The molecule has 6 heteroatoms. The maximum absolute atomic E-state index is 11.1. The summed E-state index contributed by atoms with van der Waals surface area (Å²) in [6.07, 6.45) is 1.45. The summed E-state index contributed by atoms with van der Waals surface area (Å²) >= 11 is 0. The standard InChI is InChI=1S/C13H13N3O3/c1-8-4-3-5-11(12(8)16(17)18)19-13-9(2)6-10(14)7-15-13/h3-7H,14H2,1-2H3. The third-order valence-corrected chi connectivity index (χ3v) is 2.64. The molecule has 0 atom stereocenters. The van der Waals surface area contributed by atoms with Crippen LogP contribution in [0.15, 0.2) is 30.5 Å². The van der Waals surface area contributed by atoms with Crippen LogP contribution in [-0.4, -0.2) is 9.91 Å². The van der Waals surface area contributed by atoms with Gasteiger partial charge in [0.05, 0.1) is 16.8 Å². The smallest absolute Gasteiger partial charge is 0.314 e. The largest absolute Gasteiger partial charge is 0.432 e. The number of nitrogen functional groups attached to an aromatic ring is 1. The maximum atomic E-state index is 11.1. The molecule has 98 valence electrons. The van der Waals surface area contributed by atoms with Crippen LogP contribution in [0.1, 0.15) is 11.1 Å². The Morgan fingerprint density at radius 3 is 2.68 bits per heavy atom. The van der Waals surface area contributed by atoms with Crippen molar-refractivity contribution >= 4 is 11.4 Å². The summed E-state index contributed by atoms with van der Waals surface area (Å²) in [4.78, 5) is 14.6. The van der Waals surface area contributed by atoms with E-state index in [1.165, 1.54) is 6.20 Å². The molecule has 2 aromatic rings. The first-order chi connectivity index (χ1) is 8.99. The van der Waals surface area contributed by atoms with Crippen LogP contribution in [0.2, 0.25) is 0 Å². The molecule has 1 heterocycles. The van der Waals surface area contributed by atoms with Crippen molar-refractivity contribution in [3.63, 3.8) is 0 Å². The van der Waals surface area contributed by atoms with Crippen molar-refractivity contribution < 1.29 is 9.66 Å². The number of benzene rings is 1. The number of nitrogens with zero attached hydrogens (tertiary/aromatic N) is 2. The van der Waals surface area contributed by atoms with Gasteiger partial charge in [-0.3, -0.25) is 10.1 Å². The lowest BCUT2D eigenvalue weighted by Gasteiger charge is -2.09. The van der Waals surface area contributed by atoms with Gasteiger partial charge in [0.15, 0.2) is 0 Å². The molecule has 0 aliphatic rings. The van der Waals surface area contributed by atoms with E-state index in [1.54, 1.807) is 38.1 Å². The van der Waals surface area contributed by atoms with Crippen molar-refractivity contribution in [2.75, 3.05) is 5.73 Å². The van der Waals surface area contributed by atoms with Gasteiger partial charge in [0.2, 0.25) is 11.6 Å². The van der Waals surface area contributed by atoms with Gasteiger partial charge in [-0.25, -0.2) is 4.98 Å². The number of rotatable bonds is 3. The lowest BCUT2D eigenvalue weighted by atomic mass is 10.2. The fourth-order valence-electron chi connectivity index (χ4n) is 1.74. The molecule has 0 spiro atoms. The summed E-state index contributed by atoms with van der Waals surface area (Å²) in [6, 6.07) is 6.60. The second-order valence-corrected chi connectivity index (χ2v) is 4.17. The molecule has 0 aliphatic carbocycles. The Morgan fingerprint density at radius 1 is 1.32 bits per heavy atom. The topological polar surface area (TPSA) is 91.3 Å². The van der Waals surface area contributed by atoms with Gasteiger partial charge >= 0.3 is 5.69 Å². The minimum Gasteiger partial charge on any atom is -0.432 e. The van der Waals surface area contributed by atoms with E-state index in [0.717, 1.165) is 5.56 Å². The van der Waals surface area contributed by atoms with Gasteiger partial charge in [0, 0.05) is 11.1 Å². The highest BCUT2D eigenvalue weighted by Crippen LogP contribution is 2.34. The first kappa shape index (κ1) is 12.8. The summed E-state index contributed by atoms with van der Waals surface area (Å²) in [7, 11) is 0. The van der Waals surface area contributed by atoms with E-state index in [1.807, 2.05) is 0 Å². The minimum atomic E-state index is -0.461. The van der Waals surface area contributed by atoms with Crippen LogP contribution < -0.4 is 10.5 Å². The lowest BCUT2D eigenvalue weighted by molar-refractivity contribution is -0.386. The Morgan fingerprint density at radius 2 is 2.05 bits per heavy atom. The molecular weight excluding hydrogens is 246 g/mol. The second kappa shape index (κ2) is 4.93. The van der Waals surface area contributed by atoms with Gasteiger partial charge in [0.1, 0.15) is 0 Å². The summed E-state index contributed by atoms with van der Waals surface area (Å²) in [5.41, 5.74) is 7.31. The zero-order chi connectivity index (χ0) is 14.0. The number of aromatic nitrogens is 1. The SMILES string of the molecule is Cc1cc(N)cnc1Oc1cccc(C)c1[N+](=O)[O-]. The molecule has 0 amide bonds. The van der Waals surface area contributed by atoms with E-state index in [2.05, 4.69) is 4.98 Å². The molecule has 2 rings (SSSR count). The molecular formula is C13H13N3O3. The van der Waals surface area contributed by atoms with E-state index in [9.17, 15) is 10.1 Å². The van der Waals surface area contributed by atoms with E-state index >= 15 is 0 Å². The molecule has 0 aliphatic heterocycles. The molecule has 1 aromatic heterocycles. The first-order valence-corrected chi connectivity index (χ1v) is 5.63.